The number of aliphatic hydroxyl groups excluding tert-OH is 1. The van der Waals surface area contributed by atoms with E-state index in [1.54, 1.807) is 0 Å². The van der Waals surface area contributed by atoms with E-state index in [1.807, 2.05) is 6.08 Å². The number of carbonyl (C=O) groups is 1. The van der Waals surface area contributed by atoms with Gasteiger partial charge in [-0.3, -0.25) is 4.79 Å². The lowest BCUT2D eigenvalue weighted by Gasteiger charge is -2.22. The summed E-state index contributed by atoms with van der Waals surface area (Å²) in [6, 6.07) is 11.9. The third kappa shape index (κ3) is 5.28. The van der Waals surface area contributed by atoms with Crippen LogP contribution >= 0.6 is 0 Å². The Morgan fingerprint density at radius 2 is 2.00 bits per heavy atom. The van der Waals surface area contributed by atoms with E-state index in [2.05, 4.69) is 56.4 Å². The van der Waals surface area contributed by atoms with Crippen LogP contribution in [0.2, 0.25) is 19.1 Å². The van der Waals surface area contributed by atoms with Gasteiger partial charge in [-0.2, -0.15) is 0 Å². The Bertz CT molecular complexity index is 614. The zero-order valence-electron chi connectivity index (χ0n) is 15.2. The van der Waals surface area contributed by atoms with Gasteiger partial charge in [-0.25, -0.2) is 0 Å². The highest BCUT2D eigenvalue weighted by Crippen LogP contribution is 2.22. The number of aliphatic hydroxyl groups is 1. The Labute approximate surface area is 147 Å². The number of Topliss-reactive ketones (excluding diaryl/α,β-unsaturated/α-hetero) is 1. The summed E-state index contributed by atoms with van der Waals surface area (Å²) in [6.45, 7) is 6.93. The smallest absolute Gasteiger partial charge is 0.161 e. The summed E-state index contributed by atoms with van der Waals surface area (Å²) in [5.41, 5.74) is 1.96. The highest BCUT2D eigenvalue weighted by molar-refractivity contribution is 6.90. The van der Waals surface area contributed by atoms with Gasteiger partial charge in [0.25, 0.3) is 0 Å². The Morgan fingerprint density at radius 3 is 2.67 bits per heavy atom. The molecule has 2 nitrogen and oxygen atoms in total. The van der Waals surface area contributed by atoms with Crippen molar-refractivity contribution in [2.75, 3.05) is 0 Å². The minimum absolute atomic E-state index is 0.132. The van der Waals surface area contributed by atoms with E-state index in [0.717, 1.165) is 25.3 Å². The van der Waals surface area contributed by atoms with Crippen molar-refractivity contribution in [3.8, 4) is 0 Å². The van der Waals surface area contributed by atoms with Gasteiger partial charge in [0.1, 0.15) is 0 Å². The van der Waals surface area contributed by atoms with Crippen molar-refractivity contribution >= 4 is 19.0 Å². The molecule has 0 fully saturated rings. The molecule has 0 aliphatic heterocycles. The zero-order valence-corrected chi connectivity index (χ0v) is 16.2. The molecule has 0 saturated heterocycles. The summed E-state index contributed by atoms with van der Waals surface area (Å²) in [5.74, 6) is 0.132. The fraction of sp³-hybridized carbons (Fsp3) is 0.476. The van der Waals surface area contributed by atoms with Crippen molar-refractivity contribution in [1.82, 2.24) is 0 Å². The number of allylic oxidation sites excluding steroid dienone is 3. The number of rotatable bonds is 7. The number of hydrogen-bond acceptors (Lipinski definition) is 2. The quantitative estimate of drug-likeness (QED) is 0.590. The van der Waals surface area contributed by atoms with Crippen LogP contribution in [0.1, 0.15) is 39.0 Å². The van der Waals surface area contributed by atoms with Gasteiger partial charge in [0.05, 0.1) is 14.2 Å². The molecule has 1 aliphatic rings. The van der Waals surface area contributed by atoms with Gasteiger partial charge >= 0.3 is 0 Å². The highest BCUT2D eigenvalue weighted by Gasteiger charge is 2.22. The van der Waals surface area contributed by atoms with Gasteiger partial charge in [0.15, 0.2) is 5.78 Å². The van der Waals surface area contributed by atoms with Gasteiger partial charge < -0.3 is 5.11 Å². The SMILES string of the molecule is C/C(=C\C[Si](C)(C)c1ccccc1)CC[C@H](O)C1=CCCCC1=O. The molecule has 1 atom stereocenters. The second-order valence-electron chi connectivity index (χ2n) is 7.53. The number of ketones is 1. The molecular formula is C21H30O2Si. The first kappa shape index (κ1) is 18.9. The maximum atomic E-state index is 11.9. The van der Waals surface area contributed by atoms with Crippen LogP contribution in [-0.4, -0.2) is 25.1 Å². The standard InChI is InChI=1S/C21H30O2Si/c1-17(13-14-21(23)19-11-7-8-12-20(19)22)15-16-24(2,3)18-9-5-4-6-10-18/h4-6,9-11,15,21,23H,7-8,12-14,16H2,1-3H3/b17-15+/t21-/m0/s1. The molecule has 2 rings (SSSR count). The summed E-state index contributed by atoms with van der Waals surface area (Å²) in [4.78, 5) is 11.9. The first-order valence-electron chi connectivity index (χ1n) is 9.02. The normalized spacial score (nSPS) is 17.6. The van der Waals surface area contributed by atoms with Crippen molar-refractivity contribution in [3.63, 3.8) is 0 Å². The molecule has 1 N–H and O–H groups in total. The number of benzene rings is 1. The molecule has 1 aromatic rings. The van der Waals surface area contributed by atoms with Gasteiger partial charge in [-0.15, -0.1) is 0 Å². The zero-order chi connectivity index (χ0) is 17.6. The molecule has 0 saturated carbocycles. The van der Waals surface area contributed by atoms with E-state index in [0.29, 0.717) is 18.4 Å². The molecule has 0 radical (unpaired) electrons. The van der Waals surface area contributed by atoms with Crippen LogP contribution in [0.3, 0.4) is 0 Å². The molecule has 1 aromatic carbocycles. The molecule has 0 spiro atoms. The van der Waals surface area contributed by atoms with Gasteiger partial charge in [0.2, 0.25) is 0 Å². The van der Waals surface area contributed by atoms with E-state index in [1.165, 1.54) is 10.8 Å². The molecular weight excluding hydrogens is 312 g/mol. The Balaban J connectivity index is 1.88. The predicted octanol–water partition coefficient (Wildman–Crippen LogP) is 4.37. The molecule has 3 heteroatoms. The van der Waals surface area contributed by atoms with Crippen molar-refractivity contribution in [2.45, 2.75) is 64.3 Å². The molecule has 130 valence electrons. The number of carbonyl (C=O) groups excluding carboxylic acids is 1. The topological polar surface area (TPSA) is 37.3 Å². The monoisotopic (exact) mass is 342 g/mol. The second-order valence-corrected chi connectivity index (χ2v) is 12.3. The van der Waals surface area contributed by atoms with E-state index >= 15 is 0 Å². The third-order valence-electron chi connectivity index (χ3n) is 4.98. The van der Waals surface area contributed by atoms with E-state index in [4.69, 9.17) is 0 Å². The predicted molar refractivity (Wildman–Crippen MR) is 104 cm³/mol. The van der Waals surface area contributed by atoms with Crippen LogP contribution in [0.5, 0.6) is 0 Å². The Kier molecular flexibility index (Phi) is 6.76. The lowest BCUT2D eigenvalue weighted by molar-refractivity contribution is -0.117. The third-order valence-corrected chi connectivity index (χ3v) is 8.10. The average molecular weight is 343 g/mol. The maximum absolute atomic E-state index is 11.9. The summed E-state index contributed by atoms with van der Waals surface area (Å²) < 4.78 is 0. The second kappa shape index (κ2) is 8.59. The van der Waals surface area contributed by atoms with Crippen LogP contribution < -0.4 is 5.19 Å². The summed E-state index contributed by atoms with van der Waals surface area (Å²) in [6.07, 6.45) is 7.61. The minimum Gasteiger partial charge on any atom is -0.388 e. The van der Waals surface area contributed by atoms with E-state index < -0.39 is 14.2 Å². The van der Waals surface area contributed by atoms with Gasteiger partial charge in [-0.1, -0.05) is 66.3 Å². The molecule has 0 aromatic heterocycles. The maximum Gasteiger partial charge on any atom is 0.161 e. The van der Waals surface area contributed by atoms with Crippen LogP contribution in [0, 0.1) is 0 Å². The molecule has 1 aliphatic carbocycles. The van der Waals surface area contributed by atoms with Gasteiger partial charge in [0, 0.05) is 12.0 Å². The lowest BCUT2D eigenvalue weighted by Crippen LogP contribution is -2.40. The Morgan fingerprint density at radius 1 is 1.29 bits per heavy atom. The minimum atomic E-state index is -1.45. The van der Waals surface area contributed by atoms with Crippen molar-refractivity contribution in [1.29, 1.82) is 0 Å². The summed E-state index contributed by atoms with van der Waals surface area (Å²) in [7, 11) is -1.45. The molecule has 0 amide bonds. The van der Waals surface area contributed by atoms with Crippen LogP contribution in [-0.2, 0) is 4.79 Å². The summed E-state index contributed by atoms with van der Waals surface area (Å²) in [5, 5.41) is 11.8. The van der Waals surface area contributed by atoms with E-state index in [9.17, 15) is 9.90 Å². The van der Waals surface area contributed by atoms with Crippen molar-refractivity contribution in [3.05, 3.63) is 53.6 Å². The fourth-order valence-corrected chi connectivity index (χ4v) is 5.35. The van der Waals surface area contributed by atoms with E-state index in [-0.39, 0.29) is 5.78 Å². The van der Waals surface area contributed by atoms with Crippen molar-refractivity contribution in [2.24, 2.45) is 0 Å². The Hall–Kier alpha value is -1.45. The molecule has 24 heavy (non-hydrogen) atoms. The first-order valence-corrected chi connectivity index (χ1v) is 12.2. The molecule has 0 bridgehead atoms. The fourth-order valence-electron chi connectivity index (χ4n) is 3.16. The van der Waals surface area contributed by atoms with Gasteiger partial charge in [-0.05, 0) is 38.7 Å². The van der Waals surface area contributed by atoms with Crippen molar-refractivity contribution < 1.29 is 9.90 Å². The van der Waals surface area contributed by atoms with Crippen LogP contribution in [0.15, 0.2) is 53.6 Å². The molecule has 0 heterocycles. The average Bonchev–Trinajstić information content (AvgIpc) is 2.59. The highest BCUT2D eigenvalue weighted by atomic mass is 28.3. The van der Waals surface area contributed by atoms with Crippen LogP contribution in [0.25, 0.3) is 0 Å². The summed E-state index contributed by atoms with van der Waals surface area (Å²) >= 11 is 0. The number of hydrogen-bond donors (Lipinski definition) is 1. The first-order chi connectivity index (χ1) is 11.4. The largest absolute Gasteiger partial charge is 0.388 e. The molecule has 0 unspecified atom stereocenters. The van der Waals surface area contributed by atoms with Crippen LogP contribution in [0.4, 0.5) is 0 Å². The lowest BCUT2D eigenvalue weighted by atomic mass is 9.91.